The number of benzene rings is 3. The Hall–Kier alpha value is -5.45. The molecule has 5 rings (SSSR count). The Labute approximate surface area is 275 Å². The zero-order valence-electron chi connectivity index (χ0n) is 27.0. The van der Waals surface area contributed by atoms with E-state index < -0.39 is 30.5 Å². The second kappa shape index (κ2) is 13.3. The molecule has 0 fully saturated rings. The van der Waals surface area contributed by atoms with Gasteiger partial charge in [0.05, 0.1) is 16.6 Å². The van der Waals surface area contributed by atoms with Gasteiger partial charge in [-0.1, -0.05) is 12.1 Å². The number of aromatic nitrogens is 1. The molecule has 248 valence electrons. The fourth-order valence-corrected chi connectivity index (χ4v) is 5.12. The zero-order valence-corrected chi connectivity index (χ0v) is 27.0. The number of nitrogens with one attached hydrogen (secondary N) is 2. The minimum Gasteiger partial charge on any atom is -0.457 e. The van der Waals surface area contributed by atoms with Gasteiger partial charge in [0.25, 0.3) is 11.8 Å². The molecule has 5 aromatic rings. The standard InChI is InChI=1S/C37H34F3N3O5/c1-21(44)22-9-13-26(14-10-22)47-27-15-11-23(12-16-27)32-31(34(46)41-5)29-20-28(30(42-35(29)48-32)17-18-37(38,39)40)24-7-6-8-25(19-24)33(45)43-36(2,3)4/h6-16,19-20H,17-18H2,1-5H3,(H,41,46)(H,43,45). The average Bonchev–Trinajstić information content (AvgIpc) is 3.41. The number of amides is 2. The minimum absolute atomic E-state index is 0.00274. The molecule has 3 aromatic carbocycles. The first-order valence-corrected chi connectivity index (χ1v) is 15.2. The lowest BCUT2D eigenvalue weighted by Crippen LogP contribution is -2.40. The van der Waals surface area contributed by atoms with Crippen molar-refractivity contribution in [2.24, 2.45) is 0 Å². The van der Waals surface area contributed by atoms with Gasteiger partial charge < -0.3 is 19.8 Å². The SMILES string of the molecule is CNC(=O)c1c(-c2ccc(Oc3ccc(C(C)=O)cc3)cc2)oc2nc(CCC(F)(F)F)c(-c3cccc(C(=O)NC(C)(C)C)c3)cc12. The summed E-state index contributed by atoms with van der Waals surface area (Å²) >= 11 is 0. The molecule has 0 aliphatic rings. The fraction of sp³-hybridized carbons (Fsp3) is 0.243. The molecule has 0 atom stereocenters. The molecule has 0 aliphatic carbocycles. The topological polar surface area (TPSA) is 111 Å². The Kier molecular flexibility index (Phi) is 9.43. The second-order valence-electron chi connectivity index (χ2n) is 12.3. The fourth-order valence-electron chi connectivity index (χ4n) is 5.12. The van der Waals surface area contributed by atoms with Crippen LogP contribution in [0.4, 0.5) is 13.2 Å². The van der Waals surface area contributed by atoms with Gasteiger partial charge in [-0.05, 0) is 106 Å². The number of alkyl halides is 3. The Balaban J connectivity index is 1.58. The molecular formula is C37H34F3N3O5. The van der Waals surface area contributed by atoms with Crippen molar-refractivity contribution in [3.8, 4) is 33.9 Å². The number of ether oxygens (including phenoxy) is 1. The lowest BCUT2D eigenvalue weighted by molar-refractivity contribution is -0.134. The quantitative estimate of drug-likeness (QED) is 0.154. The van der Waals surface area contributed by atoms with Gasteiger partial charge in [-0.15, -0.1) is 0 Å². The summed E-state index contributed by atoms with van der Waals surface area (Å²) < 4.78 is 52.2. The van der Waals surface area contributed by atoms with Crippen LogP contribution in [-0.4, -0.2) is 41.3 Å². The van der Waals surface area contributed by atoms with E-state index in [2.05, 4.69) is 15.6 Å². The molecule has 11 heteroatoms. The maximum Gasteiger partial charge on any atom is 0.389 e. The van der Waals surface area contributed by atoms with Gasteiger partial charge in [-0.25, -0.2) is 4.98 Å². The van der Waals surface area contributed by atoms with Crippen molar-refractivity contribution in [1.82, 2.24) is 15.6 Å². The molecule has 8 nitrogen and oxygen atoms in total. The van der Waals surface area contributed by atoms with Gasteiger partial charge in [-0.2, -0.15) is 13.2 Å². The first kappa shape index (κ1) is 33.9. The van der Waals surface area contributed by atoms with Gasteiger partial charge in [0.2, 0.25) is 5.71 Å². The van der Waals surface area contributed by atoms with Gasteiger partial charge in [0.1, 0.15) is 17.3 Å². The van der Waals surface area contributed by atoms with Crippen LogP contribution in [0.15, 0.2) is 83.3 Å². The van der Waals surface area contributed by atoms with Crippen LogP contribution in [0.2, 0.25) is 0 Å². The normalized spacial score (nSPS) is 11.8. The third kappa shape index (κ3) is 7.91. The van der Waals surface area contributed by atoms with Gasteiger partial charge in [0.15, 0.2) is 5.78 Å². The van der Waals surface area contributed by atoms with E-state index >= 15 is 0 Å². The number of fused-ring (bicyclic) bond motifs is 1. The molecule has 0 radical (unpaired) electrons. The highest BCUT2D eigenvalue weighted by Gasteiger charge is 2.29. The predicted molar refractivity (Wildman–Crippen MR) is 176 cm³/mol. The van der Waals surface area contributed by atoms with E-state index in [-0.39, 0.29) is 34.4 Å². The molecule has 0 saturated carbocycles. The first-order valence-electron chi connectivity index (χ1n) is 15.2. The highest BCUT2D eigenvalue weighted by molar-refractivity contribution is 6.11. The largest absolute Gasteiger partial charge is 0.457 e. The summed E-state index contributed by atoms with van der Waals surface area (Å²) in [5.41, 5.74) is 1.94. The van der Waals surface area contributed by atoms with E-state index in [0.717, 1.165) is 0 Å². The van der Waals surface area contributed by atoms with Crippen LogP contribution in [-0.2, 0) is 6.42 Å². The number of Topliss-reactive ketones (excluding diaryl/α,β-unsaturated/α-hetero) is 1. The van der Waals surface area contributed by atoms with Crippen molar-refractivity contribution >= 4 is 28.7 Å². The number of ketones is 1. The van der Waals surface area contributed by atoms with Crippen molar-refractivity contribution in [3.63, 3.8) is 0 Å². The number of carbonyl (C=O) groups is 3. The van der Waals surface area contributed by atoms with Crippen LogP contribution in [0, 0.1) is 0 Å². The minimum atomic E-state index is -4.44. The van der Waals surface area contributed by atoms with Crippen LogP contribution in [0.5, 0.6) is 11.5 Å². The Morgan fingerprint density at radius 2 is 1.48 bits per heavy atom. The summed E-state index contributed by atoms with van der Waals surface area (Å²) in [7, 11) is 1.46. The predicted octanol–water partition coefficient (Wildman–Crippen LogP) is 8.54. The molecule has 0 spiro atoms. The van der Waals surface area contributed by atoms with Crippen molar-refractivity contribution in [3.05, 3.63) is 101 Å². The Morgan fingerprint density at radius 3 is 2.06 bits per heavy atom. The highest BCUT2D eigenvalue weighted by atomic mass is 19.4. The van der Waals surface area contributed by atoms with Gasteiger partial charge in [-0.3, -0.25) is 14.4 Å². The van der Waals surface area contributed by atoms with E-state index in [1.54, 1.807) is 78.9 Å². The summed E-state index contributed by atoms with van der Waals surface area (Å²) in [5.74, 6) is 0.292. The van der Waals surface area contributed by atoms with Crippen LogP contribution in [0.25, 0.3) is 33.6 Å². The number of hydrogen-bond donors (Lipinski definition) is 2. The monoisotopic (exact) mass is 657 g/mol. The molecule has 48 heavy (non-hydrogen) atoms. The number of aryl methyl sites for hydroxylation is 1. The zero-order chi connectivity index (χ0) is 34.8. The molecule has 0 bridgehead atoms. The molecular weight excluding hydrogens is 623 g/mol. The second-order valence-corrected chi connectivity index (χ2v) is 12.3. The molecule has 0 unspecified atom stereocenters. The third-order valence-corrected chi connectivity index (χ3v) is 7.40. The van der Waals surface area contributed by atoms with Crippen molar-refractivity contribution < 1.29 is 36.7 Å². The molecule has 0 saturated heterocycles. The maximum atomic E-state index is 13.4. The van der Waals surface area contributed by atoms with Crippen LogP contribution < -0.4 is 15.4 Å². The van der Waals surface area contributed by atoms with E-state index in [1.807, 2.05) is 20.8 Å². The molecule has 2 N–H and O–H groups in total. The maximum absolute atomic E-state index is 13.4. The molecule has 2 aromatic heterocycles. The molecule has 0 aliphatic heterocycles. The number of pyridine rings is 1. The van der Waals surface area contributed by atoms with Crippen molar-refractivity contribution in [2.75, 3.05) is 7.05 Å². The van der Waals surface area contributed by atoms with Gasteiger partial charge in [0, 0.05) is 41.3 Å². The number of hydrogen-bond acceptors (Lipinski definition) is 6. The number of carbonyl (C=O) groups excluding carboxylic acids is 3. The summed E-state index contributed by atoms with van der Waals surface area (Å²) in [5, 5.41) is 5.80. The summed E-state index contributed by atoms with van der Waals surface area (Å²) in [6.07, 6.45) is -6.02. The van der Waals surface area contributed by atoms with E-state index in [4.69, 9.17) is 9.15 Å². The molecule has 2 heterocycles. The third-order valence-electron chi connectivity index (χ3n) is 7.40. The number of rotatable bonds is 9. The van der Waals surface area contributed by atoms with E-state index in [9.17, 15) is 27.6 Å². The Bertz CT molecular complexity index is 1990. The Morgan fingerprint density at radius 1 is 0.833 bits per heavy atom. The number of furan rings is 1. The summed E-state index contributed by atoms with van der Waals surface area (Å²) in [6.45, 7) is 7.00. The van der Waals surface area contributed by atoms with Crippen molar-refractivity contribution in [2.45, 2.75) is 52.3 Å². The van der Waals surface area contributed by atoms with E-state index in [1.165, 1.54) is 14.0 Å². The van der Waals surface area contributed by atoms with Gasteiger partial charge >= 0.3 is 6.18 Å². The lowest BCUT2D eigenvalue weighted by atomic mass is 9.96. The number of halogens is 3. The van der Waals surface area contributed by atoms with E-state index in [0.29, 0.717) is 44.7 Å². The number of nitrogens with zero attached hydrogens (tertiary/aromatic N) is 1. The van der Waals surface area contributed by atoms with Crippen LogP contribution >= 0.6 is 0 Å². The average molecular weight is 658 g/mol. The van der Waals surface area contributed by atoms with Crippen molar-refractivity contribution in [1.29, 1.82) is 0 Å². The first-order chi connectivity index (χ1) is 22.6. The smallest absolute Gasteiger partial charge is 0.389 e. The molecule has 2 amide bonds. The highest BCUT2D eigenvalue weighted by Crippen LogP contribution is 2.38. The van der Waals surface area contributed by atoms with Crippen LogP contribution in [0.1, 0.15) is 70.9 Å². The summed E-state index contributed by atoms with van der Waals surface area (Å²) in [6, 6.07) is 21.5. The summed E-state index contributed by atoms with van der Waals surface area (Å²) in [4.78, 5) is 42.3. The van der Waals surface area contributed by atoms with Crippen LogP contribution in [0.3, 0.4) is 0 Å². The lowest BCUT2D eigenvalue weighted by Gasteiger charge is -2.20.